The molecule has 2 heteroatoms. The molecule has 2 N–H and O–H groups in total. The third kappa shape index (κ3) is 3.32. The number of piperidine rings is 1. The highest BCUT2D eigenvalue weighted by molar-refractivity contribution is 5.01. The molecular weight excluding hydrogens is 184 g/mol. The Morgan fingerprint density at radius 3 is 2.33 bits per heavy atom. The Bertz CT molecular complexity index is 215. The fourth-order valence-electron chi connectivity index (χ4n) is 2.33. The summed E-state index contributed by atoms with van der Waals surface area (Å²) in [5.74, 6) is 0. The molecule has 1 saturated heterocycles. The fourth-order valence-corrected chi connectivity index (χ4v) is 2.33. The van der Waals surface area contributed by atoms with Crippen molar-refractivity contribution in [3.8, 4) is 0 Å². The highest BCUT2D eigenvalue weighted by atomic mass is 15.2. The zero-order valence-electron chi connectivity index (χ0n) is 10.6. The Hall–Kier alpha value is -0.340. The van der Waals surface area contributed by atoms with Crippen LogP contribution in [0.4, 0.5) is 0 Å². The molecule has 0 amide bonds. The van der Waals surface area contributed by atoms with Crippen LogP contribution in [0.1, 0.15) is 46.5 Å². The first-order chi connectivity index (χ1) is 6.94. The molecule has 0 aromatic heterocycles. The Labute approximate surface area is 94.5 Å². The molecule has 0 aromatic rings. The third-order valence-electron chi connectivity index (χ3n) is 3.65. The molecule has 1 fully saturated rings. The zero-order valence-corrected chi connectivity index (χ0v) is 10.6. The SMILES string of the molecule is C=C(C)CC(N)C(C)(C)N1CCCCC1. The number of likely N-dealkylation sites (tertiary alicyclic amines) is 1. The van der Waals surface area contributed by atoms with Crippen molar-refractivity contribution in [3.05, 3.63) is 12.2 Å². The molecule has 0 aromatic carbocycles. The van der Waals surface area contributed by atoms with Crippen molar-refractivity contribution in [2.24, 2.45) is 5.73 Å². The predicted molar refractivity (Wildman–Crippen MR) is 66.9 cm³/mol. The number of hydrogen-bond donors (Lipinski definition) is 1. The summed E-state index contributed by atoms with van der Waals surface area (Å²) in [5.41, 5.74) is 7.58. The first kappa shape index (κ1) is 12.7. The Morgan fingerprint density at radius 1 is 1.33 bits per heavy atom. The van der Waals surface area contributed by atoms with Gasteiger partial charge in [-0.1, -0.05) is 12.0 Å². The van der Waals surface area contributed by atoms with Gasteiger partial charge in [0, 0.05) is 11.6 Å². The van der Waals surface area contributed by atoms with Crippen LogP contribution in [0.15, 0.2) is 12.2 Å². The van der Waals surface area contributed by atoms with Crippen LogP contribution in [0.5, 0.6) is 0 Å². The molecule has 88 valence electrons. The van der Waals surface area contributed by atoms with Gasteiger partial charge < -0.3 is 5.73 Å². The van der Waals surface area contributed by atoms with Gasteiger partial charge in [0.2, 0.25) is 0 Å². The predicted octanol–water partition coefficient (Wildman–Crippen LogP) is 2.54. The van der Waals surface area contributed by atoms with Crippen molar-refractivity contribution in [1.82, 2.24) is 4.90 Å². The second-order valence-electron chi connectivity index (χ2n) is 5.47. The van der Waals surface area contributed by atoms with Crippen molar-refractivity contribution in [1.29, 1.82) is 0 Å². The van der Waals surface area contributed by atoms with Gasteiger partial charge in [0.1, 0.15) is 0 Å². The van der Waals surface area contributed by atoms with Crippen molar-refractivity contribution >= 4 is 0 Å². The van der Waals surface area contributed by atoms with Crippen LogP contribution < -0.4 is 5.73 Å². The molecule has 0 saturated carbocycles. The van der Waals surface area contributed by atoms with Gasteiger partial charge in [-0.05, 0) is 53.1 Å². The summed E-state index contributed by atoms with van der Waals surface area (Å²) >= 11 is 0. The minimum absolute atomic E-state index is 0.110. The summed E-state index contributed by atoms with van der Waals surface area (Å²) in [6.45, 7) is 13.0. The molecule has 0 aliphatic carbocycles. The van der Waals surface area contributed by atoms with Crippen LogP contribution in [0, 0.1) is 0 Å². The van der Waals surface area contributed by atoms with Crippen molar-refractivity contribution in [2.45, 2.75) is 58.0 Å². The lowest BCUT2D eigenvalue weighted by Gasteiger charge is -2.44. The zero-order chi connectivity index (χ0) is 11.5. The van der Waals surface area contributed by atoms with Gasteiger partial charge in [0.05, 0.1) is 0 Å². The fraction of sp³-hybridized carbons (Fsp3) is 0.846. The molecule has 2 nitrogen and oxygen atoms in total. The van der Waals surface area contributed by atoms with E-state index in [1.165, 1.54) is 37.9 Å². The largest absolute Gasteiger partial charge is 0.326 e. The number of hydrogen-bond acceptors (Lipinski definition) is 2. The van der Waals surface area contributed by atoms with Gasteiger partial charge in [-0.3, -0.25) is 4.90 Å². The van der Waals surface area contributed by atoms with E-state index >= 15 is 0 Å². The molecule has 0 bridgehead atoms. The molecule has 15 heavy (non-hydrogen) atoms. The lowest BCUT2D eigenvalue weighted by Crippen LogP contribution is -2.57. The van der Waals surface area contributed by atoms with Crippen LogP contribution in [0.25, 0.3) is 0 Å². The van der Waals surface area contributed by atoms with Crippen molar-refractivity contribution in [3.63, 3.8) is 0 Å². The quantitative estimate of drug-likeness (QED) is 0.723. The minimum Gasteiger partial charge on any atom is -0.326 e. The topological polar surface area (TPSA) is 29.3 Å². The molecule has 0 spiro atoms. The van der Waals surface area contributed by atoms with Crippen LogP contribution in [-0.2, 0) is 0 Å². The van der Waals surface area contributed by atoms with Crippen LogP contribution in [-0.4, -0.2) is 29.6 Å². The molecule has 1 unspecified atom stereocenters. The van der Waals surface area contributed by atoms with Crippen molar-refractivity contribution < 1.29 is 0 Å². The van der Waals surface area contributed by atoms with Gasteiger partial charge in [-0.15, -0.1) is 6.58 Å². The lowest BCUT2D eigenvalue weighted by molar-refractivity contribution is 0.0731. The van der Waals surface area contributed by atoms with E-state index in [4.69, 9.17) is 5.73 Å². The van der Waals surface area contributed by atoms with E-state index in [0.29, 0.717) is 0 Å². The molecule has 1 aliphatic heterocycles. The lowest BCUT2D eigenvalue weighted by atomic mass is 9.87. The van der Waals surface area contributed by atoms with Crippen LogP contribution >= 0.6 is 0 Å². The van der Waals surface area contributed by atoms with Gasteiger partial charge in [-0.2, -0.15) is 0 Å². The Kier molecular flexibility index (Phi) is 4.35. The maximum Gasteiger partial charge on any atom is 0.0307 e. The normalized spacial score (nSPS) is 21.3. The number of nitrogens with two attached hydrogens (primary N) is 1. The van der Waals surface area contributed by atoms with Crippen LogP contribution in [0.2, 0.25) is 0 Å². The summed E-state index contributed by atoms with van der Waals surface area (Å²) < 4.78 is 0. The first-order valence-corrected chi connectivity index (χ1v) is 6.09. The van der Waals surface area contributed by atoms with E-state index in [-0.39, 0.29) is 11.6 Å². The second-order valence-corrected chi connectivity index (χ2v) is 5.47. The number of nitrogens with zero attached hydrogens (tertiary/aromatic N) is 1. The van der Waals surface area contributed by atoms with Gasteiger partial charge in [0.15, 0.2) is 0 Å². The summed E-state index contributed by atoms with van der Waals surface area (Å²) in [5, 5.41) is 0. The van der Waals surface area contributed by atoms with Gasteiger partial charge in [0.25, 0.3) is 0 Å². The average molecular weight is 210 g/mol. The van der Waals surface area contributed by atoms with E-state index in [1.54, 1.807) is 0 Å². The Balaban J connectivity index is 2.58. The van der Waals surface area contributed by atoms with Crippen LogP contribution in [0.3, 0.4) is 0 Å². The highest BCUT2D eigenvalue weighted by Gasteiger charge is 2.33. The Morgan fingerprint density at radius 2 is 1.87 bits per heavy atom. The highest BCUT2D eigenvalue weighted by Crippen LogP contribution is 2.25. The monoisotopic (exact) mass is 210 g/mol. The summed E-state index contributed by atoms with van der Waals surface area (Å²) in [6.07, 6.45) is 4.96. The second kappa shape index (κ2) is 5.13. The summed E-state index contributed by atoms with van der Waals surface area (Å²) in [6, 6.07) is 0.202. The van der Waals surface area contributed by atoms with E-state index in [0.717, 1.165) is 6.42 Å². The number of rotatable bonds is 4. The molecule has 1 aliphatic rings. The third-order valence-corrected chi connectivity index (χ3v) is 3.65. The first-order valence-electron chi connectivity index (χ1n) is 6.09. The van der Waals surface area contributed by atoms with E-state index in [1.807, 2.05) is 0 Å². The summed E-state index contributed by atoms with van der Waals surface area (Å²) in [7, 11) is 0. The van der Waals surface area contributed by atoms with E-state index in [9.17, 15) is 0 Å². The minimum atomic E-state index is 0.110. The molecule has 0 radical (unpaired) electrons. The molecule has 1 heterocycles. The van der Waals surface area contributed by atoms with Gasteiger partial charge >= 0.3 is 0 Å². The van der Waals surface area contributed by atoms with Gasteiger partial charge in [-0.25, -0.2) is 0 Å². The van der Waals surface area contributed by atoms with E-state index in [2.05, 4.69) is 32.3 Å². The average Bonchev–Trinajstić information content (AvgIpc) is 2.18. The molecule has 1 rings (SSSR count). The standard InChI is InChI=1S/C13H26N2/c1-11(2)10-12(14)13(3,4)15-8-6-5-7-9-15/h12H,1,5-10,14H2,2-4H3. The maximum atomic E-state index is 6.28. The smallest absolute Gasteiger partial charge is 0.0307 e. The maximum absolute atomic E-state index is 6.28. The summed E-state index contributed by atoms with van der Waals surface area (Å²) in [4.78, 5) is 2.55. The van der Waals surface area contributed by atoms with Crippen molar-refractivity contribution in [2.75, 3.05) is 13.1 Å². The molecule has 1 atom stereocenters. The van der Waals surface area contributed by atoms with E-state index < -0.39 is 0 Å². The molecular formula is C13H26N2.